The average molecular weight is 579 g/mol. The molecule has 41 heavy (non-hydrogen) atoms. The fraction of sp³-hybridized carbons (Fsp3) is 0.943. The lowest BCUT2D eigenvalue weighted by Crippen LogP contribution is -2.56. The molecule has 0 radical (unpaired) electrons. The number of rotatable bonds is 16. The van der Waals surface area contributed by atoms with Gasteiger partial charge in [0.15, 0.2) is 0 Å². The molecule has 0 aromatic heterocycles. The number of ether oxygens (including phenoxy) is 3. The van der Waals surface area contributed by atoms with Crippen LogP contribution in [0.4, 0.5) is 0 Å². The topological polar surface area (TPSA) is 88.4 Å². The first-order chi connectivity index (χ1) is 19.6. The van der Waals surface area contributed by atoms with Crippen molar-refractivity contribution in [3.8, 4) is 0 Å². The van der Waals surface area contributed by atoms with Gasteiger partial charge in [0.2, 0.25) is 0 Å². The van der Waals surface area contributed by atoms with Crippen LogP contribution in [-0.2, 0) is 14.2 Å². The second-order valence-corrected chi connectivity index (χ2v) is 15.1. The Morgan fingerprint density at radius 2 is 1.61 bits per heavy atom. The Kier molecular flexibility index (Phi) is 11.8. The molecule has 0 aromatic carbocycles. The van der Waals surface area contributed by atoms with Crippen molar-refractivity contribution in [2.45, 2.75) is 117 Å². The summed E-state index contributed by atoms with van der Waals surface area (Å²) in [4.78, 5) is 0. The van der Waals surface area contributed by atoms with E-state index in [-0.39, 0.29) is 18.6 Å². The fourth-order valence-corrected chi connectivity index (χ4v) is 9.98. The Morgan fingerprint density at radius 1 is 0.878 bits per heavy atom. The van der Waals surface area contributed by atoms with E-state index in [0.717, 1.165) is 42.4 Å². The lowest BCUT2D eigenvalue weighted by atomic mass is 9.46. The molecule has 0 aliphatic heterocycles. The van der Waals surface area contributed by atoms with Gasteiger partial charge >= 0.3 is 0 Å². The molecule has 0 amide bonds. The van der Waals surface area contributed by atoms with Crippen molar-refractivity contribution < 1.29 is 29.5 Å². The van der Waals surface area contributed by atoms with Crippen molar-refractivity contribution in [3.05, 3.63) is 11.6 Å². The summed E-state index contributed by atoms with van der Waals surface area (Å²) in [7, 11) is 0. The summed E-state index contributed by atoms with van der Waals surface area (Å²) in [6, 6.07) is 0. The molecule has 9 atom stereocenters. The molecule has 4 rings (SSSR count). The third kappa shape index (κ3) is 7.26. The van der Waals surface area contributed by atoms with E-state index >= 15 is 0 Å². The van der Waals surface area contributed by atoms with E-state index in [1.54, 1.807) is 0 Å². The SMILES string of the molecule is CC(C)CCC[C@@H](C)[C@H]1CC[C@H]2[C@@H]3CC=C4CC(O)(C(CO)OCCOCCOCCO)CC[C@]4(C)[C@H]3CC[C@]12C. The highest BCUT2D eigenvalue weighted by Crippen LogP contribution is 2.68. The van der Waals surface area contributed by atoms with Crippen molar-refractivity contribution in [3.63, 3.8) is 0 Å². The Hall–Kier alpha value is -0.500. The van der Waals surface area contributed by atoms with Crippen LogP contribution in [0.5, 0.6) is 0 Å². The molecular formula is C35H62O6. The smallest absolute Gasteiger partial charge is 0.110 e. The minimum Gasteiger partial charge on any atom is -0.394 e. The number of hydrogen-bond acceptors (Lipinski definition) is 6. The molecule has 0 aromatic rings. The maximum atomic E-state index is 11.8. The van der Waals surface area contributed by atoms with Crippen molar-refractivity contribution in [1.29, 1.82) is 0 Å². The van der Waals surface area contributed by atoms with Crippen LogP contribution in [0, 0.1) is 46.3 Å². The quantitative estimate of drug-likeness (QED) is 0.150. The molecule has 3 saturated carbocycles. The zero-order chi connectivity index (χ0) is 29.7. The summed E-state index contributed by atoms with van der Waals surface area (Å²) in [6.45, 7) is 14.1. The van der Waals surface area contributed by atoms with E-state index in [9.17, 15) is 10.2 Å². The van der Waals surface area contributed by atoms with Gasteiger partial charge in [-0.1, -0.05) is 65.5 Å². The number of aliphatic hydroxyl groups excluding tert-OH is 2. The molecule has 2 unspecified atom stereocenters. The Morgan fingerprint density at radius 3 is 2.32 bits per heavy atom. The summed E-state index contributed by atoms with van der Waals surface area (Å²) in [6.07, 6.45) is 14.9. The second-order valence-electron chi connectivity index (χ2n) is 15.1. The first-order valence-electron chi connectivity index (χ1n) is 17.0. The van der Waals surface area contributed by atoms with E-state index in [1.165, 1.54) is 50.5 Å². The molecule has 6 nitrogen and oxygen atoms in total. The lowest BCUT2D eigenvalue weighted by molar-refractivity contribution is -0.157. The van der Waals surface area contributed by atoms with Crippen molar-refractivity contribution in [2.24, 2.45) is 46.3 Å². The summed E-state index contributed by atoms with van der Waals surface area (Å²) in [5.41, 5.74) is 1.00. The first-order valence-corrected chi connectivity index (χ1v) is 17.0. The summed E-state index contributed by atoms with van der Waals surface area (Å²) < 4.78 is 16.7. The predicted octanol–water partition coefficient (Wildman–Crippen LogP) is 6.16. The number of aliphatic hydroxyl groups is 3. The third-order valence-electron chi connectivity index (χ3n) is 12.3. The van der Waals surface area contributed by atoms with Crippen molar-refractivity contribution >= 4 is 0 Å². The van der Waals surface area contributed by atoms with E-state index in [2.05, 4.69) is 40.7 Å². The molecule has 238 valence electrons. The molecule has 3 N–H and O–H groups in total. The van der Waals surface area contributed by atoms with Gasteiger partial charge in [-0.15, -0.1) is 0 Å². The van der Waals surface area contributed by atoms with Crippen LogP contribution in [-0.4, -0.2) is 73.3 Å². The van der Waals surface area contributed by atoms with Crippen LogP contribution >= 0.6 is 0 Å². The summed E-state index contributed by atoms with van der Waals surface area (Å²) in [5.74, 6) is 4.81. The number of fused-ring (bicyclic) bond motifs is 5. The minimum atomic E-state index is -1.04. The second kappa shape index (κ2) is 14.5. The van der Waals surface area contributed by atoms with Gasteiger partial charge in [-0.2, -0.15) is 0 Å². The van der Waals surface area contributed by atoms with Gasteiger partial charge in [0.25, 0.3) is 0 Å². The lowest BCUT2D eigenvalue weighted by Gasteiger charge is -2.59. The van der Waals surface area contributed by atoms with E-state index in [0.29, 0.717) is 57.2 Å². The van der Waals surface area contributed by atoms with Gasteiger partial charge in [0.05, 0.1) is 51.8 Å². The Bertz CT molecular complexity index is 845. The van der Waals surface area contributed by atoms with Crippen LogP contribution in [0.25, 0.3) is 0 Å². The van der Waals surface area contributed by atoms with Crippen molar-refractivity contribution in [1.82, 2.24) is 0 Å². The fourth-order valence-electron chi connectivity index (χ4n) is 9.98. The highest BCUT2D eigenvalue weighted by Gasteiger charge is 2.60. The molecule has 6 heteroatoms. The molecule has 0 bridgehead atoms. The largest absolute Gasteiger partial charge is 0.394 e. The van der Waals surface area contributed by atoms with E-state index in [1.807, 2.05) is 0 Å². The molecule has 0 saturated heterocycles. The van der Waals surface area contributed by atoms with Crippen LogP contribution < -0.4 is 0 Å². The maximum absolute atomic E-state index is 11.8. The summed E-state index contributed by atoms with van der Waals surface area (Å²) in [5, 5.41) is 30.7. The van der Waals surface area contributed by atoms with Gasteiger partial charge in [0, 0.05) is 6.42 Å². The predicted molar refractivity (Wildman–Crippen MR) is 164 cm³/mol. The highest BCUT2D eigenvalue weighted by atomic mass is 16.6. The van der Waals surface area contributed by atoms with Crippen LogP contribution in [0.3, 0.4) is 0 Å². The average Bonchev–Trinajstić information content (AvgIpc) is 3.29. The van der Waals surface area contributed by atoms with Crippen LogP contribution in [0.1, 0.15) is 105 Å². The molecule has 4 aliphatic carbocycles. The minimum absolute atomic E-state index is 0.00907. The molecular weight excluding hydrogens is 516 g/mol. The zero-order valence-electron chi connectivity index (χ0n) is 26.9. The monoisotopic (exact) mass is 578 g/mol. The van der Waals surface area contributed by atoms with Crippen LogP contribution in [0.15, 0.2) is 11.6 Å². The van der Waals surface area contributed by atoms with E-state index in [4.69, 9.17) is 19.3 Å². The van der Waals surface area contributed by atoms with Crippen molar-refractivity contribution in [2.75, 3.05) is 46.2 Å². The Balaban J connectivity index is 1.35. The first kappa shape index (κ1) is 33.4. The molecule has 0 heterocycles. The molecule has 3 fully saturated rings. The van der Waals surface area contributed by atoms with E-state index < -0.39 is 11.7 Å². The molecule has 4 aliphatic rings. The van der Waals surface area contributed by atoms with Gasteiger partial charge in [-0.25, -0.2) is 0 Å². The Labute approximate surface area is 250 Å². The van der Waals surface area contributed by atoms with Gasteiger partial charge in [-0.3, -0.25) is 0 Å². The standard InChI is InChI=1S/C35H62O6/c1-25(2)7-6-8-26(3)29-11-12-30-28-10-9-27-23-35(38,16-15-33(27,4)31(28)13-14-34(29,30)5)32(24-37)41-22-21-40-20-19-39-18-17-36/h9,25-26,28-32,36-38H,6-8,10-24H2,1-5H3/t26-,28+,29-,30+,31+,32?,33+,34-,35?/m1/s1. The maximum Gasteiger partial charge on any atom is 0.110 e. The third-order valence-corrected chi connectivity index (χ3v) is 12.3. The van der Waals surface area contributed by atoms with Crippen LogP contribution in [0.2, 0.25) is 0 Å². The van der Waals surface area contributed by atoms with Gasteiger partial charge < -0.3 is 29.5 Å². The molecule has 0 spiro atoms. The zero-order valence-corrected chi connectivity index (χ0v) is 26.9. The number of hydrogen-bond donors (Lipinski definition) is 3. The normalized spacial score (nSPS) is 38.2. The summed E-state index contributed by atoms with van der Waals surface area (Å²) >= 11 is 0. The number of allylic oxidation sites excluding steroid dienone is 1. The van der Waals surface area contributed by atoms with Gasteiger partial charge in [0.1, 0.15) is 6.10 Å². The van der Waals surface area contributed by atoms with Gasteiger partial charge in [-0.05, 0) is 91.3 Å². The highest BCUT2D eigenvalue weighted by molar-refractivity contribution is 5.28.